The lowest BCUT2D eigenvalue weighted by Crippen LogP contribution is -2.15. The predicted molar refractivity (Wildman–Crippen MR) is 44.8 cm³/mol. The van der Waals surface area contributed by atoms with Crippen molar-refractivity contribution in [3.63, 3.8) is 0 Å². The molecule has 0 spiro atoms. The van der Waals surface area contributed by atoms with E-state index in [9.17, 15) is 4.79 Å². The largest absolute Gasteiger partial charge is 0.460 e. The highest BCUT2D eigenvalue weighted by Gasteiger charge is 2.05. The third-order valence-corrected chi connectivity index (χ3v) is 1.68. The van der Waals surface area contributed by atoms with Crippen LogP contribution in [-0.4, -0.2) is 21.9 Å². The van der Waals surface area contributed by atoms with Gasteiger partial charge in [0.1, 0.15) is 0 Å². The molecule has 0 bridgehead atoms. The van der Waals surface area contributed by atoms with Gasteiger partial charge in [-0.05, 0) is 6.92 Å². The van der Waals surface area contributed by atoms with E-state index in [0.29, 0.717) is 5.57 Å². The van der Waals surface area contributed by atoms with Crippen LogP contribution in [0.15, 0.2) is 24.8 Å². The van der Waals surface area contributed by atoms with Gasteiger partial charge in [-0.3, -0.25) is 0 Å². The summed E-state index contributed by atoms with van der Waals surface area (Å²) in [6.07, 6.45) is 1.62. The molecule has 10 heavy (non-hydrogen) atoms. The van der Waals surface area contributed by atoms with E-state index in [-0.39, 0.29) is 11.7 Å². The SMILES string of the molecule is C=CC([SiH3])OC(=O)C(=C)C. The fraction of sp³-hybridized carbons (Fsp3) is 0.286. The van der Waals surface area contributed by atoms with Gasteiger partial charge in [-0.25, -0.2) is 4.79 Å². The van der Waals surface area contributed by atoms with E-state index in [1.165, 1.54) is 0 Å². The lowest BCUT2D eigenvalue weighted by Gasteiger charge is -2.07. The average molecular weight is 156 g/mol. The van der Waals surface area contributed by atoms with Crippen molar-refractivity contribution in [2.24, 2.45) is 0 Å². The highest BCUT2D eigenvalue weighted by molar-refractivity contribution is 6.13. The lowest BCUT2D eigenvalue weighted by molar-refractivity contribution is -0.139. The molecule has 0 aliphatic rings. The molecule has 0 amide bonds. The molecular formula is C7H12O2Si. The van der Waals surface area contributed by atoms with E-state index in [1.54, 1.807) is 13.0 Å². The smallest absolute Gasteiger partial charge is 0.333 e. The molecule has 1 unspecified atom stereocenters. The van der Waals surface area contributed by atoms with Crippen LogP contribution in [0.25, 0.3) is 0 Å². The van der Waals surface area contributed by atoms with E-state index in [2.05, 4.69) is 13.2 Å². The molecule has 56 valence electrons. The molecule has 0 aliphatic heterocycles. The van der Waals surface area contributed by atoms with Gasteiger partial charge in [-0.15, -0.1) is 0 Å². The predicted octanol–water partition coefficient (Wildman–Crippen LogP) is -0.0168. The van der Waals surface area contributed by atoms with E-state index in [0.717, 1.165) is 10.2 Å². The molecule has 0 fully saturated rings. The normalized spacial score (nSPS) is 12.1. The van der Waals surface area contributed by atoms with Crippen molar-refractivity contribution in [2.75, 3.05) is 0 Å². The summed E-state index contributed by atoms with van der Waals surface area (Å²) in [4.78, 5) is 10.8. The third-order valence-electron chi connectivity index (χ3n) is 0.973. The monoisotopic (exact) mass is 156 g/mol. The Kier molecular flexibility index (Phi) is 3.72. The van der Waals surface area contributed by atoms with Gasteiger partial charge in [-0.1, -0.05) is 19.2 Å². The van der Waals surface area contributed by atoms with Crippen LogP contribution in [-0.2, 0) is 9.53 Å². The van der Waals surface area contributed by atoms with Crippen LogP contribution in [0.5, 0.6) is 0 Å². The quantitative estimate of drug-likeness (QED) is 0.248. The van der Waals surface area contributed by atoms with Crippen LogP contribution in [0, 0.1) is 0 Å². The summed E-state index contributed by atoms with van der Waals surface area (Å²) in [6, 6.07) is 0. The molecular weight excluding hydrogens is 144 g/mol. The van der Waals surface area contributed by atoms with Gasteiger partial charge in [0.2, 0.25) is 0 Å². The van der Waals surface area contributed by atoms with Crippen LogP contribution in [0.1, 0.15) is 6.92 Å². The summed E-state index contributed by atoms with van der Waals surface area (Å²) in [5.41, 5.74) is 0.340. The molecule has 0 saturated heterocycles. The number of rotatable bonds is 3. The summed E-state index contributed by atoms with van der Waals surface area (Å²) < 4.78 is 4.87. The van der Waals surface area contributed by atoms with Gasteiger partial charge in [0.05, 0.1) is 16.0 Å². The molecule has 0 aliphatic carbocycles. The van der Waals surface area contributed by atoms with E-state index >= 15 is 0 Å². The highest BCUT2D eigenvalue weighted by atomic mass is 28.1. The molecule has 0 saturated carbocycles. The molecule has 0 rings (SSSR count). The zero-order valence-corrected chi connectivity index (χ0v) is 8.39. The van der Waals surface area contributed by atoms with E-state index in [4.69, 9.17) is 4.74 Å². The van der Waals surface area contributed by atoms with Crippen molar-refractivity contribution >= 4 is 16.2 Å². The Bertz CT molecular complexity index is 163. The summed E-state index contributed by atoms with van der Waals surface area (Å²) in [5.74, 6) is -0.333. The molecule has 0 aromatic heterocycles. The Morgan fingerprint density at radius 2 is 2.30 bits per heavy atom. The molecule has 0 heterocycles. The van der Waals surface area contributed by atoms with Crippen LogP contribution < -0.4 is 0 Å². The number of hydrogen-bond acceptors (Lipinski definition) is 2. The Morgan fingerprint density at radius 3 is 2.60 bits per heavy atom. The summed E-state index contributed by atoms with van der Waals surface area (Å²) in [7, 11) is 0.781. The molecule has 1 atom stereocenters. The first-order valence-electron chi connectivity index (χ1n) is 3.07. The topological polar surface area (TPSA) is 26.3 Å². The van der Waals surface area contributed by atoms with Gasteiger partial charge in [0.25, 0.3) is 0 Å². The molecule has 3 heteroatoms. The molecule has 0 aromatic carbocycles. The molecule has 0 radical (unpaired) electrons. The van der Waals surface area contributed by atoms with Crippen molar-refractivity contribution in [3.8, 4) is 0 Å². The van der Waals surface area contributed by atoms with Gasteiger partial charge in [-0.2, -0.15) is 0 Å². The zero-order valence-electron chi connectivity index (χ0n) is 6.39. The Hall–Kier alpha value is -0.833. The number of ether oxygens (including phenoxy) is 1. The maximum absolute atomic E-state index is 10.8. The summed E-state index contributed by atoms with van der Waals surface area (Å²) in [6.45, 7) is 8.57. The number of hydrogen-bond donors (Lipinski definition) is 0. The fourth-order valence-electron chi connectivity index (χ4n) is 0.318. The first-order chi connectivity index (χ1) is 4.57. The first kappa shape index (κ1) is 9.17. The minimum absolute atomic E-state index is 0.0933. The lowest BCUT2D eigenvalue weighted by atomic mass is 10.4. The minimum atomic E-state index is -0.333. The van der Waals surface area contributed by atoms with Crippen molar-refractivity contribution < 1.29 is 9.53 Å². The second-order valence-corrected chi connectivity index (χ2v) is 3.26. The first-order valence-corrected chi connectivity index (χ1v) is 4.22. The van der Waals surface area contributed by atoms with Crippen LogP contribution in [0.2, 0.25) is 0 Å². The summed E-state index contributed by atoms with van der Waals surface area (Å²) >= 11 is 0. The fourth-order valence-corrected chi connectivity index (χ4v) is 0.532. The summed E-state index contributed by atoms with van der Waals surface area (Å²) in [5, 5.41) is 0. The van der Waals surface area contributed by atoms with Crippen LogP contribution >= 0.6 is 0 Å². The van der Waals surface area contributed by atoms with Gasteiger partial charge < -0.3 is 4.74 Å². The zero-order chi connectivity index (χ0) is 8.15. The standard InChI is InChI=1S/C7H12O2Si/c1-4-6(10)9-7(8)5(2)3/h4,6H,1-2H2,3,10H3. The molecule has 0 aromatic rings. The van der Waals surface area contributed by atoms with Crippen LogP contribution in [0.3, 0.4) is 0 Å². The number of carbonyl (C=O) groups is 1. The van der Waals surface area contributed by atoms with E-state index < -0.39 is 0 Å². The minimum Gasteiger partial charge on any atom is -0.460 e. The molecule has 0 N–H and O–H groups in total. The van der Waals surface area contributed by atoms with Gasteiger partial charge in [0.15, 0.2) is 0 Å². The Morgan fingerprint density at radius 1 is 1.80 bits per heavy atom. The van der Waals surface area contributed by atoms with Crippen molar-refractivity contribution in [2.45, 2.75) is 12.7 Å². The van der Waals surface area contributed by atoms with Crippen molar-refractivity contribution in [3.05, 3.63) is 24.8 Å². The maximum atomic E-state index is 10.8. The maximum Gasteiger partial charge on any atom is 0.333 e. The molecule has 2 nitrogen and oxygen atoms in total. The highest BCUT2D eigenvalue weighted by Crippen LogP contribution is 1.95. The Balaban J connectivity index is 3.79. The van der Waals surface area contributed by atoms with Crippen molar-refractivity contribution in [1.82, 2.24) is 0 Å². The van der Waals surface area contributed by atoms with Gasteiger partial charge >= 0.3 is 5.97 Å². The van der Waals surface area contributed by atoms with Crippen LogP contribution in [0.4, 0.5) is 0 Å². The second-order valence-electron chi connectivity index (χ2n) is 2.13. The van der Waals surface area contributed by atoms with Crippen molar-refractivity contribution in [1.29, 1.82) is 0 Å². The second kappa shape index (κ2) is 4.06. The number of esters is 1. The number of carbonyl (C=O) groups excluding carboxylic acids is 1. The average Bonchev–Trinajstić information content (AvgIpc) is 1.87. The van der Waals surface area contributed by atoms with E-state index in [1.807, 2.05) is 0 Å². The Labute approximate surface area is 64.0 Å². The van der Waals surface area contributed by atoms with Gasteiger partial charge in [0, 0.05) is 5.57 Å². The third kappa shape index (κ3) is 3.24.